The number of aromatic amines is 1. The lowest BCUT2D eigenvalue weighted by Crippen LogP contribution is -2.38. The van der Waals surface area contributed by atoms with Crippen molar-refractivity contribution in [3.8, 4) is 0 Å². The molecule has 0 spiro atoms. The Morgan fingerprint density at radius 2 is 1.37 bits per heavy atom. The van der Waals surface area contributed by atoms with Gasteiger partial charge in [-0.3, -0.25) is 14.3 Å². The highest BCUT2D eigenvalue weighted by molar-refractivity contribution is 5.47. The molecule has 3 aromatic carbocycles. The van der Waals surface area contributed by atoms with Crippen LogP contribution in [0.25, 0.3) is 0 Å². The van der Waals surface area contributed by atoms with E-state index in [9.17, 15) is 14.7 Å². The molecule has 35 heavy (non-hydrogen) atoms. The molecule has 2 heterocycles. The van der Waals surface area contributed by atoms with E-state index in [1.807, 2.05) is 91.0 Å². The SMILES string of the molecule is O=c1ccn([C@@H]2C[C@@H](O)[C@@H](COC(c3ccccc3)(c3ccccc3)c3ccccc3)O2)c(=O)[nH]1. The van der Waals surface area contributed by atoms with E-state index >= 15 is 0 Å². The van der Waals surface area contributed by atoms with E-state index in [0.29, 0.717) is 0 Å². The van der Waals surface area contributed by atoms with Gasteiger partial charge in [0.1, 0.15) is 17.9 Å². The Kier molecular flexibility index (Phi) is 6.46. The van der Waals surface area contributed by atoms with E-state index in [-0.39, 0.29) is 13.0 Å². The second kappa shape index (κ2) is 9.84. The Labute approximate surface area is 202 Å². The Hall–Kier alpha value is -3.78. The summed E-state index contributed by atoms with van der Waals surface area (Å²) in [7, 11) is 0. The minimum atomic E-state index is -0.945. The summed E-state index contributed by atoms with van der Waals surface area (Å²) in [6, 6.07) is 31.1. The fraction of sp³-hybridized carbons (Fsp3) is 0.214. The largest absolute Gasteiger partial charge is 0.390 e. The number of nitrogens with zero attached hydrogens (tertiary/aromatic N) is 1. The third kappa shape index (κ3) is 4.49. The maximum atomic E-state index is 12.2. The second-order valence-electron chi connectivity index (χ2n) is 8.54. The van der Waals surface area contributed by atoms with E-state index in [4.69, 9.17) is 9.47 Å². The number of hydrogen-bond donors (Lipinski definition) is 2. The van der Waals surface area contributed by atoms with E-state index < -0.39 is 35.3 Å². The molecule has 0 bridgehead atoms. The molecule has 1 fully saturated rings. The summed E-state index contributed by atoms with van der Waals surface area (Å²) in [5, 5.41) is 10.8. The molecule has 3 atom stereocenters. The number of nitrogens with one attached hydrogen (secondary N) is 1. The summed E-state index contributed by atoms with van der Waals surface area (Å²) in [6.45, 7) is 0.0778. The highest BCUT2D eigenvalue weighted by Gasteiger charge is 2.41. The molecule has 5 rings (SSSR count). The third-order valence-electron chi connectivity index (χ3n) is 6.37. The number of aromatic nitrogens is 2. The zero-order valence-corrected chi connectivity index (χ0v) is 19.0. The first-order chi connectivity index (χ1) is 17.1. The Morgan fingerprint density at radius 3 is 1.86 bits per heavy atom. The van der Waals surface area contributed by atoms with E-state index in [1.54, 1.807) is 0 Å². The van der Waals surface area contributed by atoms with Gasteiger partial charge >= 0.3 is 5.69 Å². The molecule has 4 aromatic rings. The van der Waals surface area contributed by atoms with Gasteiger partial charge in [-0.05, 0) is 16.7 Å². The molecule has 0 unspecified atom stereocenters. The van der Waals surface area contributed by atoms with Gasteiger partial charge < -0.3 is 14.6 Å². The molecule has 1 aliphatic rings. The monoisotopic (exact) mass is 470 g/mol. The molecule has 1 aromatic heterocycles. The maximum absolute atomic E-state index is 12.2. The standard InChI is InChI=1S/C28H26N2O5/c31-23-18-26(30-17-16-25(32)29-27(30)33)35-24(23)19-34-28(20-10-4-1-5-11-20,21-12-6-2-7-13-21)22-14-8-3-9-15-22/h1-17,23-24,26,31H,18-19H2,(H,29,32,33)/t23-,24-,26+/m1/s1. The molecule has 7 heteroatoms. The zero-order valence-electron chi connectivity index (χ0n) is 19.0. The first-order valence-corrected chi connectivity index (χ1v) is 11.5. The normalized spacial score (nSPS) is 20.1. The number of ether oxygens (including phenoxy) is 2. The van der Waals surface area contributed by atoms with E-state index in [0.717, 1.165) is 16.7 Å². The summed E-state index contributed by atoms with van der Waals surface area (Å²) in [6.07, 6.45) is -0.644. The average molecular weight is 471 g/mol. The number of aliphatic hydroxyl groups excluding tert-OH is 1. The Balaban J connectivity index is 1.50. The number of H-pyrrole nitrogens is 1. The zero-order chi connectivity index (χ0) is 24.3. The van der Waals surface area contributed by atoms with Crippen LogP contribution < -0.4 is 11.2 Å². The van der Waals surface area contributed by atoms with Gasteiger partial charge in [-0.15, -0.1) is 0 Å². The van der Waals surface area contributed by atoms with Gasteiger partial charge in [-0.25, -0.2) is 4.79 Å². The van der Waals surface area contributed by atoms with Crippen LogP contribution in [0.4, 0.5) is 0 Å². The van der Waals surface area contributed by atoms with Crippen molar-refractivity contribution in [2.24, 2.45) is 0 Å². The molecule has 0 saturated carbocycles. The molecule has 0 amide bonds. The quantitative estimate of drug-likeness (QED) is 0.405. The average Bonchev–Trinajstić information content (AvgIpc) is 3.26. The van der Waals surface area contributed by atoms with Crippen LogP contribution in [0, 0.1) is 0 Å². The number of hydrogen-bond acceptors (Lipinski definition) is 5. The van der Waals surface area contributed by atoms with Crippen LogP contribution in [0.1, 0.15) is 29.3 Å². The minimum absolute atomic E-state index is 0.0778. The summed E-state index contributed by atoms with van der Waals surface area (Å²) in [5.41, 5.74) is 0.821. The van der Waals surface area contributed by atoms with Crippen molar-refractivity contribution in [3.05, 3.63) is 141 Å². The van der Waals surface area contributed by atoms with Crippen molar-refractivity contribution in [3.63, 3.8) is 0 Å². The topological polar surface area (TPSA) is 93.6 Å². The van der Waals surface area contributed by atoms with Gasteiger partial charge in [0.2, 0.25) is 0 Å². The number of benzene rings is 3. The lowest BCUT2D eigenvalue weighted by molar-refractivity contribution is -0.0944. The van der Waals surface area contributed by atoms with Gasteiger partial charge in [0, 0.05) is 18.7 Å². The van der Waals surface area contributed by atoms with Crippen LogP contribution in [0.3, 0.4) is 0 Å². The van der Waals surface area contributed by atoms with Gasteiger partial charge in [0.15, 0.2) is 0 Å². The number of aliphatic hydroxyl groups is 1. The third-order valence-corrected chi connectivity index (χ3v) is 6.37. The van der Waals surface area contributed by atoms with Crippen LogP contribution >= 0.6 is 0 Å². The molecule has 2 N–H and O–H groups in total. The van der Waals surface area contributed by atoms with Gasteiger partial charge in [-0.2, -0.15) is 0 Å². The van der Waals surface area contributed by atoms with Gasteiger partial charge in [-0.1, -0.05) is 91.0 Å². The fourth-order valence-corrected chi connectivity index (χ4v) is 4.67. The van der Waals surface area contributed by atoms with Crippen LogP contribution in [0.15, 0.2) is 113 Å². The highest BCUT2D eigenvalue weighted by atomic mass is 16.6. The molecule has 1 saturated heterocycles. The summed E-state index contributed by atoms with van der Waals surface area (Å²) in [5.74, 6) is 0. The fourth-order valence-electron chi connectivity index (χ4n) is 4.67. The van der Waals surface area contributed by atoms with Crippen molar-refractivity contribution >= 4 is 0 Å². The van der Waals surface area contributed by atoms with Gasteiger partial charge in [0.25, 0.3) is 5.56 Å². The molecule has 7 nitrogen and oxygen atoms in total. The molecule has 178 valence electrons. The first kappa shape index (κ1) is 23.0. The van der Waals surface area contributed by atoms with Gasteiger partial charge in [0.05, 0.1) is 12.7 Å². The van der Waals surface area contributed by atoms with Crippen LogP contribution in [-0.4, -0.2) is 33.5 Å². The highest BCUT2D eigenvalue weighted by Crippen LogP contribution is 2.41. The minimum Gasteiger partial charge on any atom is -0.390 e. The smallest absolute Gasteiger partial charge is 0.330 e. The van der Waals surface area contributed by atoms with Crippen molar-refractivity contribution in [2.75, 3.05) is 6.61 Å². The second-order valence-corrected chi connectivity index (χ2v) is 8.54. The molecule has 0 radical (unpaired) electrons. The molecule has 0 aliphatic carbocycles. The first-order valence-electron chi connectivity index (χ1n) is 11.5. The molecule has 1 aliphatic heterocycles. The summed E-state index contributed by atoms with van der Waals surface area (Å²) >= 11 is 0. The predicted molar refractivity (Wildman–Crippen MR) is 131 cm³/mol. The van der Waals surface area contributed by atoms with Crippen molar-refractivity contribution in [1.29, 1.82) is 0 Å². The number of rotatable bonds is 7. The van der Waals surface area contributed by atoms with Crippen LogP contribution in [-0.2, 0) is 15.1 Å². The predicted octanol–water partition coefficient (Wildman–Crippen LogP) is 3.19. The van der Waals surface area contributed by atoms with Crippen molar-refractivity contribution < 1.29 is 14.6 Å². The lowest BCUT2D eigenvalue weighted by atomic mass is 9.80. The Morgan fingerprint density at radius 1 is 0.857 bits per heavy atom. The molecular weight excluding hydrogens is 444 g/mol. The van der Waals surface area contributed by atoms with E-state index in [1.165, 1.54) is 16.8 Å². The summed E-state index contributed by atoms with van der Waals surface area (Å²) < 4.78 is 14.1. The van der Waals surface area contributed by atoms with Crippen LogP contribution in [0.2, 0.25) is 0 Å². The van der Waals surface area contributed by atoms with Crippen molar-refractivity contribution in [2.45, 2.75) is 30.5 Å². The van der Waals surface area contributed by atoms with E-state index in [2.05, 4.69) is 4.98 Å². The van der Waals surface area contributed by atoms with Crippen LogP contribution in [0.5, 0.6) is 0 Å². The van der Waals surface area contributed by atoms with Crippen molar-refractivity contribution in [1.82, 2.24) is 9.55 Å². The summed E-state index contributed by atoms with van der Waals surface area (Å²) in [4.78, 5) is 25.9. The molecular formula is C28H26N2O5. The Bertz CT molecular complexity index is 1270. The maximum Gasteiger partial charge on any atom is 0.330 e. The lowest BCUT2D eigenvalue weighted by Gasteiger charge is -2.37.